The Morgan fingerprint density at radius 1 is 1.20 bits per heavy atom. The molecule has 0 bridgehead atoms. The molecular weight excluding hydrogens is 340 g/mol. The molecule has 1 fully saturated rings. The van der Waals surface area contributed by atoms with Crippen molar-refractivity contribution in [3.05, 3.63) is 46.8 Å². The van der Waals surface area contributed by atoms with Crippen LogP contribution < -0.4 is 5.32 Å². The summed E-state index contributed by atoms with van der Waals surface area (Å²) in [6.07, 6.45) is 0. The molecule has 0 radical (unpaired) electrons. The zero-order valence-corrected chi connectivity index (χ0v) is 14.6. The number of nitrogens with one attached hydrogen (secondary N) is 1. The van der Waals surface area contributed by atoms with Gasteiger partial charge in [0.1, 0.15) is 4.88 Å². The maximum absolute atomic E-state index is 12.4. The molecule has 2 heterocycles. The molecule has 6 nitrogen and oxygen atoms in total. The van der Waals surface area contributed by atoms with E-state index in [9.17, 15) is 14.4 Å². The van der Waals surface area contributed by atoms with E-state index in [-0.39, 0.29) is 24.3 Å². The van der Waals surface area contributed by atoms with Crippen LogP contribution in [0.1, 0.15) is 27.0 Å². The molecule has 1 aromatic carbocycles. The van der Waals surface area contributed by atoms with Crippen molar-refractivity contribution in [2.75, 3.05) is 26.2 Å². The average Bonchev–Trinajstić information content (AvgIpc) is 3.12. The van der Waals surface area contributed by atoms with Crippen LogP contribution in [0.15, 0.2) is 36.4 Å². The van der Waals surface area contributed by atoms with Crippen molar-refractivity contribution < 1.29 is 19.1 Å². The van der Waals surface area contributed by atoms with Gasteiger partial charge in [-0.1, -0.05) is 12.1 Å². The molecule has 0 aliphatic carbocycles. The lowest BCUT2D eigenvalue weighted by atomic mass is 10.1. The van der Waals surface area contributed by atoms with E-state index >= 15 is 0 Å². The topological polar surface area (TPSA) is 75.7 Å². The van der Waals surface area contributed by atoms with Crippen LogP contribution in [0.3, 0.4) is 0 Å². The van der Waals surface area contributed by atoms with Crippen molar-refractivity contribution in [2.24, 2.45) is 0 Å². The molecular formula is C18H18N2O4S. The van der Waals surface area contributed by atoms with Crippen LogP contribution in [0.5, 0.6) is 0 Å². The van der Waals surface area contributed by atoms with E-state index in [2.05, 4.69) is 5.32 Å². The fourth-order valence-corrected chi connectivity index (χ4v) is 3.48. The fraction of sp³-hybridized carbons (Fsp3) is 0.278. The summed E-state index contributed by atoms with van der Waals surface area (Å²) in [7, 11) is 0. The Labute approximate surface area is 149 Å². The van der Waals surface area contributed by atoms with Crippen LogP contribution in [0.2, 0.25) is 0 Å². The lowest BCUT2D eigenvalue weighted by molar-refractivity contribution is -0.123. The van der Waals surface area contributed by atoms with E-state index in [1.807, 2.05) is 18.2 Å². The number of amides is 2. The van der Waals surface area contributed by atoms with Gasteiger partial charge < -0.3 is 15.0 Å². The Morgan fingerprint density at radius 3 is 2.64 bits per heavy atom. The Bertz CT molecular complexity index is 798. The standard InChI is InChI=1S/C18H18N2O4S/c1-2-24-18(23)15-8-7-14(25-15)12-3-5-13(6-4-12)17(22)20-10-9-19-16(21)11-20/h3-8H,2,9-11H2,1H3,(H,19,21). The second-order valence-corrected chi connectivity index (χ2v) is 6.62. The largest absolute Gasteiger partial charge is 0.462 e. The molecule has 0 atom stereocenters. The number of nitrogens with zero attached hydrogens (tertiary/aromatic N) is 1. The highest BCUT2D eigenvalue weighted by Gasteiger charge is 2.22. The predicted octanol–water partition coefficient (Wildman–Crippen LogP) is 2.16. The molecule has 130 valence electrons. The molecule has 7 heteroatoms. The summed E-state index contributed by atoms with van der Waals surface area (Å²) < 4.78 is 4.99. The van der Waals surface area contributed by atoms with E-state index in [0.717, 1.165) is 10.4 Å². The van der Waals surface area contributed by atoms with Crippen LogP contribution in [-0.4, -0.2) is 48.9 Å². The molecule has 1 aliphatic rings. The number of esters is 1. The first kappa shape index (κ1) is 17.2. The lowest BCUT2D eigenvalue weighted by Gasteiger charge is -2.26. The molecule has 3 rings (SSSR count). The van der Waals surface area contributed by atoms with Crippen LogP contribution in [0.4, 0.5) is 0 Å². The maximum Gasteiger partial charge on any atom is 0.348 e. The Morgan fingerprint density at radius 2 is 1.96 bits per heavy atom. The summed E-state index contributed by atoms with van der Waals surface area (Å²) in [6.45, 7) is 3.20. The number of thiophene rings is 1. The van der Waals surface area contributed by atoms with Gasteiger partial charge >= 0.3 is 5.97 Å². The third-order valence-electron chi connectivity index (χ3n) is 3.82. The molecule has 2 amide bonds. The monoisotopic (exact) mass is 358 g/mol. The van der Waals surface area contributed by atoms with Gasteiger partial charge in [-0.2, -0.15) is 0 Å². The summed E-state index contributed by atoms with van der Waals surface area (Å²) in [5.74, 6) is -0.616. The van der Waals surface area contributed by atoms with Gasteiger partial charge in [0, 0.05) is 23.5 Å². The van der Waals surface area contributed by atoms with E-state index in [1.165, 1.54) is 16.2 Å². The quantitative estimate of drug-likeness (QED) is 0.850. The van der Waals surface area contributed by atoms with Crippen molar-refractivity contribution in [3.8, 4) is 10.4 Å². The van der Waals surface area contributed by atoms with Gasteiger partial charge in [-0.25, -0.2) is 4.79 Å². The van der Waals surface area contributed by atoms with E-state index in [0.29, 0.717) is 30.1 Å². The van der Waals surface area contributed by atoms with Crippen molar-refractivity contribution >= 4 is 29.1 Å². The number of carbonyl (C=O) groups excluding carboxylic acids is 3. The summed E-state index contributed by atoms with van der Waals surface area (Å²) in [5.41, 5.74) is 1.47. The summed E-state index contributed by atoms with van der Waals surface area (Å²) in [4.78, 5) is 38.6. The molecule has 0 unspecified atom stereocenters. The molecule has 0 saturated carbocycles. The highest BCUT2D eigenvalue weighted by molar-refractivity contribution is 7.17. The second-order valence-electron chi connectivity index (χ2n) is 5.54. The van der Waals surface area contributed by atoms with Crippen LogP contribution in [0, 0.1) is 0 Å². The summed E-state index contributed by atoms with van der Waals surface area (Å²) >= 11 is 1.35. The smallest absolute Gasteiger partial charge is 0.348 e. The minimum Gasteiger partial charge on any atom is -0.462 e. The number of benzene rings is 1. The minimum atomic E-state index is -0.325. The van der Waals surface area contributed by atoms with Crippen molar-refractivity contribution in [1.29, 1.82) is 0 Å². The first-order valence-electron chi connectivity index (χ1n) is 8.02. The number of carbonyl (C=O) groups is 3. The van der Waals surface area contributed by atoms with Crippen LogP contribution in [0.25, 0.3) is 10.4 Å². The lowest BCUT2D eigenvalue weighted by Crippen LogP contribution is -2.49. The second kappa shape index (κ2) is 7.48. The molecule has 1 saturated heterocycles. The number of hydrogen-bond acceptors (Lipinski definition) is 5. The van der Waals surface area contributed by atoms with Gasteiger partial charge in [0.15, 0.2) is 0 Å². The third kappa shape index (κ3) is 3.88. The first-order valence-corrected chi connectivity index (χ1v) is 8.83. The van der Waals surface area contributed by atoms with Crippen molar-refractivity contribution in [2.45, 2.75) is 6.92 Å². The molecule has 1 N–H and O–H groups in total. The Kier molecular flexibility index (Phi) is 5.14. The van der Waals surface area contributed by atoms with E-state index in [1.54, 1.807) is 25.1 Å². The normalized spacial score (nSPS) is 14.1. The van der Waals surface area contributed by atoms with Gasteiger partial charge in [-0.05, 0) is 36.8 Å². The molecule has 25 heavy (non-hydrogen) atoms. The number of piperazine rings is 1. The average molecular weight is 358 g/mol. The zero-order chi connectivity index (χ0) is 17.8. The fourth-order valence-electron chi connectivity index (χ4n) is 2.58. The van der Waals surface area contributed by atoms with Gasteiger partial charge in [0.2, 0.25) is 5.91 Å². The van der Waals surface area contributed by atoms with Gasteiger partial charge in [-0.3, -0.25) is 9.59 Å². The van der Waals surface area contributed by atoms with Crippen molar-refractivity contribution in [1.82, 2.24) is 10.2 Å². The summed E-state index contributed by atoms with van der Waals surface area (Å²) in [6, 6.07) is 10.8. The van der Waals surface area contributed by atoms with Crippen LogP contribution in [-0.2, 0) is 9.53 Å². The zero-order valence-electron chi connectivity index (χ0n) is 13.8. The highest BCUT2D eigenvalue weighted by atomic mass is 32.1. The number of ether oxygens (including phenoxy) is 1. The van der Waals surface area contributed by atoms with Gasteiger partial charge in [0.25, 0.3) is 5.91 Å². The molecule has 1 aromatic heterocycles. The molecule has 1 aliphatic heterocycles. The SMILES string of the molecule is CCOC(=O)c1ccc(-c2ccc(C(=O)N3CCNC(=O)C3)cc2)s1. The van der Waals surface area contributed by atoms with E-state index in [4.69, 9.17) is 4.74 Å². The Hall–Kier alpha value is -2.67. The molecule has 0 spiro atoms. The highest BCUT2D eigenvalue weighted by Crippen LogP contribution is 2.29. The number of hydrogen-bond donors (Lipinski definition) is 1. The third-order valence-corrected chi connectivity index (χ3v) is 4.94. The van der Waals surface area contributed by atoms with Gasteiger partial charge in [-0.15, -0.1) is 11.3 Å². The maximum atomic E-state index is 12.4. The first-order chi connectivity index (χ1) is 12.1. The van der Waals surface area contributed by atoms with Crippen molar-refractivity contribution in [3.63, 3.8) is 0 Å². The van der Waals surface area contributed by atoms with Gasteiger partial charge in [0.05, 0.1) is 13.2 Å². The predicted molar refractivity (Wildman–Crippen MR) is 94.6 cm³/mol. The van der Waals surface area contributed by atoms with Crippen LogP contribution >= 0.6 is 11.3 Å². The van der Waals surface area contributed by atoms with E-state index < -0.39 is 0 Å². The summed E-state index contributed by atoms with van der Waals surface area (Å²) in [5, 5.41) is 2.70. The molecule has 2 aromatic rings. The Balaban J connectivity index is 1.73. The minimum absolute atomic E-state index is 0.0917. The number of rotatable bonds is 4.